The number of hydrogen-bond donors (Lipinski definition) is 0. The van der Waals surface area contributed by atoms with E-state index < -0.39 is 0 Å². The highest BCUT2D eigenvalue weighted by atomic mass is 16.5. The third kappa shape index (κ3) is 5.82. The first-order valence-electron chi connectivity index (χ1n) is 13.6. The third-order valence-electron chi connectivity index (χ3n) is 7.38. The number of fused-ring (bicyclic) bond motifs is 1. The number of methoxy groups -OCH3 is 1. The SMILES string of the molecule is CCOC(=O)[C@@H]1CCCN(C(=O)CCc2c(-c3cccc(OC)c3)nc3ccc(-c4cccc(C)c4)cn23)C1. The number of carbonyl (C=O) groups excluding carboxylic acids is 2. The van der Waals surface area contributed by atoms with Gasteiger partial charge in [-0.25, -0.2) is 4.98 Å². The molecule has 3 heterocycles. The van der Waals surface area contributed by atoms with Crippen molar-refractivity contribution in [2.24, 2.45) is 5.92 Å². The number of aryl methyl sites for hydroxylation is 2. The average Bonchev–Trinajstić information content (AvgIpc) is 3.34. The molecule has 1 fully saturated rings. The molecule has 39 heavy (non-hydrogen) atoms. The van der Waals surface area contributed by atoms with Crippen molar-refractivity contribution in [1.29, 1.82) is 0 Å². The van der Waals surface area contributed by atoms with Gasteiger partial charge < -0.3 is 18.8 Å². The van der Waals surface area contributed by atoms with Crippen LogP contribution in [0.5, 0.6) is 5.75 Å². The molecule has 0 spiro atoms. The van der Waals surface area contributed by atoms with Crippen LogP contribution in [0.1, 0.15) is 37.4 Å². The Kier molecular flexibility index (Phi) is 7.96. The molecule has 0 radical (unpaired) electrons. The van der Waals surface area contributed by atoms with E-state index in [1.165, 1.54) is 5.56 Å². The van der Waals surface area contributed by atoms with Gasteiger partial charge in [0.2, 0.25) is 5.91 Å². The fourth-order valence-electron chi connectivity index (χ4n) is 5.37. The van der Waals surface area contributed by atoms with Gasteiger partial charge in [-0.05, 0) is 68.5 Å². The molecule has 1 saturated heterocycles. The average molecular weight is 526 g/mol. The summed E-state index contributed by atoms with van der Waals surface area (Å²) in [5, 5.41) is 0. The van der Waals surface area contributed by atoms with Gasteiger partial charge in [0.05, 0.1) is 31.0 Å². The summed E-state index contributed by atoms with van der Waals surface area (Å²) in [6.45, 7) is 5.34. The summed E-state index contributed by atoms with van der Waals surface area (Å²) < 4.78 is 12.8. The maximum atomic E-state index is 13.4. The number of pyridine rings is 1. The Labute approximate surface area is 229 Å². The molecule has 2 aromatic carbocycles. The van der Waals surface area contributed by atoms with Crippen LogP contribution in [0.15, 0.2) is 66.9 Å². The van der Waals surface area contributed by atoms with E-state index in [0.717, 1.165) is 52.3 Å². The first kappa shape index (κ1) is 26.5. The highest BCUT2D eigenvalue weighted by molar-refractivity contribution is 5.79. The smallest absolute Gasteiger partial charge is 0.310 e. The van der Waals surface area contributed by atoms with Crippen LogP contribution in [0.4, 0.5) is 0 Å². The van der Waals surface area contributed by atoms with E-state index in [0.29, 0.717) is 32.5 Å². The number of esters is 1. The lowest BCUT2D eigenvalue weighted by molar-refractivity contribution is -0.151. The molecule has 7 heteroatoms. The first-order valence-corrected chi connectivity index (χ1v) is 13.6. The summed E-state index contributed by atoms with van der Waals surface area (Å²) >= 11 is 0. The van der Waals surface area contributed by atoms with E-state index in [1.54, 1.807) is 7.11 Å². The molecule has 5 rings (SSSR count). The summed E-state index contributed by atoms with van der Waals surface area (Å²) in [6, 6.07) is 20.4. The summed E-state index contributed by atoms with van der Waals surface area (Å²) in [5.41, 5.74) is 7.00. The van der Waals surface area contributed by atoms with E-state index in [9.17, 15) is 9.59 Å². The van der Waals surface area contributed by atoms with Crippen molar-refractivity contribution in [3.8, 4) is 28.1 Å². The van der Waals surface area contributed by atoms with E-state index in [-0.39, 0.29) is 17.8 Å². The third-order valence-corrected chi connectivity index (χ3v) is 7.38. The molecule has 2 aromatic heterocycles. The maximum absolute atomic E-state index is 13.4. The van der Waals surface area contributed by atoms with Crippen molar-refractivity contribution in [2.45, 2.75) is 39.5 Å². The molecule has 0 unspecified atom stereocenters. The van der Waals surface area contributed by atoms with Crippen molar-refractivity contribution < 1.29 is 19.1 Å². The molecule has 0 aliphatic carbocycles. The van der Waals surface area contributed by atoms with Crippen LogP contribution in [0.2, 0.25) is 0 Å². The number of nitrogens with zero attached hydrogens (tertiary/aromatic N) is 3. The standard InChI is InChI=1S/C32H35N3O4/c1-4-39-32(37)26-11-7-17-34(20-26)30(36)16-14-28-31(24-10-6-12-27(19-24)38-3)33-29-15-13-25(21-35(28)29)23-9-5-8-22(2)18-23/h5-6,8-10,12-13,15,18-19,21,26H,4,7,11,14,16-17,20H2,1-3H3/t26-/m1/s1. The Balaban J connectivity index is 1.47. The lowest BCUT2D eigenvalue weighted by atomic mass is 9.97. The minimum atomic E-state index is -0.248. The van der Waals surface area contributed by atoms with Gasteiger partial charge in [0.15, 0.2) is 0 Å². The number of piperidine rings is 1. The number of aromatic nitrogens is 2. The van der Waals surface area contributed by atoms with E-state index >= 15 is 0 Å². The zero-order chi connectivity index (χ0) is 27.4. The second-order valence-corrected chi connectivity index (χ2v) is 10.1. The van der Waals surface area contributed by atoms with E-state index in [2.05, 4.69) is 47.9 Å². The Morgan fingerprint density at radius 3 is 2.64 bits per heavy atom. The molecule has 1 amide bonds. The van der Waals surface area contributed by atoms with Crippen LogP contribution in [0.3, 0.4) is 0 Å². The number of carbonyl (C=O) groups is 2. The number of imidazole rings is 1. The van der Waals surface area contributed by atoms with Gasteiger partial charge in [-0.15, -0.1) is 0 Å². The Morgan fingerprint density at radius 2 is 1.85 bits per heavy atom. The highest BCUT2D eigenvalue weighted by Crippen LogP contribution is 2.31. The van der Waals surface area contributed by atoms with Crippen LogP contribution in [-0.2, 0) is 20.7 Å². The number of benzene rings is 2. The lowest BCUT2D eigenvalue weighted by Gasteiger charge is -2.31. The fraction of sp³-hybridized carbons (Fsp3) is 0.344. The first-order chi connectivity index (χ1) is 19.0. The second kappa shape index (κ2) is 11.7. The Morgan fingerprint density at radius 1 is 1.03 bits per heavy atom. The van der Waals surface area contributed by atoms with E-state index in [4.69, 9.17) is 14.5 Å². The van der Waals surface area contributed by atoms with Crippen molar-refractivity contribution in [2.75, 3.05) is 26.8 Å². The van der Waals surface area contributed by atoms with Crippen LogP contribution < -0.4 is 4.74 Å². The summed E-state index contributed by atoms with van der Waals surface area (Å²) in [5.74, 6) is 0.346. The van der Waals surface area contributed by atoms with Crippen LogP contribution in [-0.4, -0.2) is 53.0 Å². The van der Waals surface area contributed by atoms with Crippen LogP contribution >= 0.6 is 0 Å². The minimum Gasteiger partial charge on any atom is -0.497 e. The van der Waals surface area contributed by atoms with Crippen LogP contribution in [0, 0.1) is 12.8 Å². The van der Waals surface area contributed by atoms with Crippen molar-refractivity contribution in [3.63, 3.8) is 0 Å². The summed E-state index contributed by atoms with van der Waals surface area (Å²) in [4.78, 5) is 32.4. The Hall–Kier alpha value is -4.13. The topological polar surface area (TPSA) is 73.1 Å². The van der Waals surface area contributed by atoms with Crippen LogP contribution in [0.25, 0.3) is 28.0 Å². The molecule has 0 bridgehead atoms. The Bertz CT molecular complexity index is 1490. The molecule has 0 saturated carbocycles. The normalized spacial score (nSPS) is 15.4. The molecule has 202 valence electrons. The molecular weight excluding hydrogens is 490 g/mol. The van der Waals surface area contributed by atoms with Gasteiger partial charge in [-0.1, -0.05) is 42.0 Å². The molecule has 7 nitrogen and oxygen atoms in total. The number of amides is 1. The number of likely N-dealkylation sites (tertiary alicyclic amines) is 1. The fourth-order valence-corrected chi connectivity index (χ4v) is 5.37. The molecule has 1 aliphatic rings. The quantitative estimate of drug-likeness (QED) is 0.275. The van der Waals surface area contributed by atoms with Gasteiger partial charge in [-0.3, -0.25) is 9.59 Å². The van der Waals surface area contributed by atoms with Crippen molar-refractivity contribution >= 4 is 17.5 Å². The molecule has 4 aromatic rings. The molecular formula is C32H35N3O4. The number of hydrogen-bond acceptors (Lipinski definition) is 5. The second-order valence-electron chi connectivity index (χ2n) is 10.1. The zero-order valence-electron chi connectivity index (χ0n) is 22.9. The highest BCUT2D eigenvalue weighted by Gasteiger charge is 2.29. The van der Waals surface area contributed by atoms with Gasteiger partial charge in [0.25, 0.3) is 0 Å². The monoisotopic (exact) mass is 525 g/mol. The largest absolute Gasteiger partial charge is 0.497 e. The molecule has 1 atom stereocenters. The van der Waals surface area contributed by atoms with Gasteiger partial charge in [0.1, 0.15) is 11.4 Å². The van der Waals surface area contributed by atoms with Gasteiger partial charge >= 0.3 is 5.97 Å². The van der Waals surface area contributed by atoms with Gasteiger partial charge in [-0.2, -0.15) is 0 Å². The summed E-state index contributed by atoms with van der Waals surface area (Å²) in [7, 11) is 1.65. The van der Waals surface area contributed by atoms with E-state index in [1.807, 2.05) is 42.2 Å². The summed E-state index contributed by atoms with van der Waals surface area (Å²) in [6.07, 6.45) is 4.52. The van der Waals surface area contributed by atoms with Crippen molar-refractivity contribution in [3.05, 3.63) is 78.1 Å². The molecule has 1 aliphatic heterocycles. The maximum Gasteiger partial charge on any atom is 0.310 e. The minimum absolute atomic E-state index is 0.0466. The number of ether oxygens (including phenoxy) is 2. The lowest BCUT2D eigenvalue weighted by Crippen LogP contribution is -2.42. The zero-order valence-corrected chi connectivity index (χ0v) is 22.9. The molecule has 0 N–H and O–H groups in total. The van der Waals surface area contributed by atoms with Gasteiger partial charge in [0, 0.05) is 31.3 Å². The van der Waals surface area contributed by atoms with Crippen molar-refractivity contribution in [1.82, 2.24) is 14.3 Å². The predicted molar refractivity (Wildman–Crippen MR) is 152 cm³/mol. The predicted octanol–water partition coefficient (Wildman–Crippen LogP) is 5.72. The number of rotatable bonds is 8.